The first kappa shape index (κ1) is 22.5. The van der Waals surface area contributed by atoms with Gasteiger partial charge in [-0.05, 0) is 61.4 Å². The fraction of sp³-hybridized carbons (Fsp3) is 0.130. The second-order valence-electron chi connectivity index (χ2n) is 7.01. The first-order chi connectivity index (χ1) is 14.8. The van der Waals surface area contributed by atoms with Crippen LogP contribution in [0.4, 0.5) is 5.69 Å². The molecule has 0 fully saturated rings. The summed E-state index contributed by atoms with van der Waals surface area (Å²) in [5, 5.41) is 4.46. The Morgan fingerprint density at radius 1 is 1.00 bits per heavy atom. The van der Waals surface area contributed by atoms with Crippen molar-refractivity contribution in [3.8, 4) is 0 Å². The molecule has 31 heavy (non-hydrogen) atoms. The number of benzene rings is 3. The smallest absolute Gasteiger partial charge is 0.264 e. The number of rotatable bonds is 7. The number of aryl methyl sites for hydroxylation is 2. The summed E-state index contributed by atoms with van der Waals surface area (Å²) in [6.07, 6.45) is 1.44. The van der Waals surface area contributed by atoms with Crippen LogP contribution in [0.5, 0.6) is 0 Å². The van der Waals surface area contributed by atoms with Crippen molar-refractivity contribution in [2.75, 3.05) is 10.8 Å². The predicted molar refractivity (Wildman–Crippen MR) is 124 cm³/mol. The Hall–Kier alpha value is -3.16. The van der Waals surface area contributed by atoms with Crippen molar-refractivity contribution in [2.45, 2.75) is 18.7 Å². The van der Waals surface area contributed by atoms with Gasteiger partial charge in [-0.1, -0.05) is 53.6 Å². The largest absolute Gasteiger partial charge is 0.271 e. The fourth-order valence-electron chi connectivity index (χ4n) is 2.87. The number of carbonyl (C=O) groups excluding carboxylic acids is 1. The number of nitrogens with one attached hydrogen (secondary N) is 1. The van der Waals surface area contributed by atoms with Gasteiger partial charge in [0.05, 0.1) is 16.8 Å². The summed E-state index contributed by atoms with van der Waals surface area (Å²) in [4.78, 5) is 12.7. The molecule has 0 heterocycles. The molecule has 0 unspecified atom stereocenters. The van der Waals surface area contributed by atoms with Crippen LogP contribution in [-0.2, 0) is 14.8 Å². The molecular formula is C23H22ClN3O3S. The van der Waals surface area contributed by atoms with Crippen LogP contribution in [0.15, 0.2) is 82.8 Å². The van der Waals surface area contributed by atoms with E-state index in [1.807, 2.05) is 19.9 Å². The lowest BCUT2D eigenvalue weighted by Crippen LogP contribution is -2.39. The first-order valence-electron chi connectivity index (χ1n) is 9.49. The monoisotopic (exact) mass is 455 g/mol. The SMILES string of the molecule is Cc1ccc(S(=O)(=O)N(CC(=O)N/N=C\c2cccc(Cl)c2)c2cccc(C)c2)cc1. The third-order valence-corrected chi connectivity index (χ3v) is 6.46. The van der Waals surface area contributed by atoms with Gasteiger partial charge in [0.15, 0.2) is 0 Å². The number of carbonyl (C=O) groups is 1. The van der Waals surface area contributed by atoms with Gasteiger partial charge in [-0.2, -0.15) is 5.10 Å². The van der Waals surface area contributed by atoms with E-state index < -0.39 is 22.5 Å². The maximum absolute atomic E-state index is 13.3. The zero-order valence-corrected chi connectivity index (χ0v) is 18.7. The van der Waals surface area contributed by atoms with E-state index >= 15 is 0 Å². The molecule has 6 nitrogen and oxygen atoms in total. The number of hydrazone groups is 1. The highest BCUT2D eigenvalue weighted by Crippen LogP contribution is 2.24. The molecule has 8 heteroatoms. The molecule has 0 spiro atoms. The predicted octanol–water partition coefficient (Wildman–Crippen LogP) is 4.30. The third kappa shape index (κ3) is 5.93. The van der Waals surface area contributed by atoms with Crippen LogP contribution in [0.25, 0.3) is 0 Å². The fourth-order valence-corrected chi connectivity index (χ4v) is 4.48. The van der Waals surface area contributed by atoms with Gasteiger partial charge >= 0.3 is 0 Å². The number of amides is 1. The highest BCUT2D eigenvalue weighted by Gasteiger charge is 2.27. The van der Waals surface area contributed by atoms with E-state index in [1.54, 1.807) is 54.6 Å². The van der Waals surface area contributed by atoms with E-state index in [2.05, 4.69) is 10.5 Å². The van der Waals surface area contributed by atoms with E-state index in [9.17, 15) is 13.2 Å². The van der Waals surface area contributed by atoms with Gasteiger partial charge in [-0.15, -0.1) is 0 Å². The second-order valence-corrected chi connectivity index (χ2v) is 9.31. The zero-order chi connectivity index (χ0) is 22.4. The normalized spacial score (nSPS) is 11.5. The molecule has 0 atom stereocenters. The summed E-state index contributed by atoms with van der Waals surface area (Å²) < 4.78 is 27.7. The highest BCUT2D eigenvalue weighted by atomic mass is 35.5. The van der Waals surface area contributed by atoms with Crippen LogP contribution in [0.3, 0.4) is 0 Å². The topological polar surface area (TPSA) is 78.8 Å². The van der Waals surface area contributed by atoms with Crippen LogP contribution in [-0.4, -0.2) is 27.1 Å². The summed E-state index contributed by atoms with van der Waals surface area (Å²) in [5.74, 6) is -0.574. The van der Waals surface area contributed by atoms with Crippen LogP contribution in [0, 0.1) is 13.8 Å². The van der Waals surface area contributed by atoms with E-state index in [1.165, 1.54) is 18.3 Å². The van der Waals surface area contributed by atoms with E-state index in [0.29, 0.717) is 16.3 Å². The van der Waals surface area contributed by atoms with Crippen molar-refractivity contribution in [2.24, 2.45) is 5.10 Å². The average molecular weight is 456 g/mol. The number of hydrogen-bond acceptors (Lipinski definition) is 4. The molecule has 160 valence electrons. The molecule has 0 aliphatic rings. The number of halogens is 1. The Kier molecular flexibility index (Phi) is 7.09. The molecule has 3 rings (SSSR count). The minimum absolute atomic E-state index is 0.106. The van der Waals surface area contributed by atoms with Crippen molar-refractivity contribution < 1.29 is 13.2 Å². The van der Waals surface area contributed by atoms with Gasteiger partial charge < -0.3 is 0 Å². The van der Waals surface area contributed by atoms with E-state index in [-0.39, 0.29) is 4.90 Å². The second kappa shape index (κ2) is 9.76. The third-order valence-electron chi connectivity index (χ3n) is 4.44. The minimum Gasteiger partial charge on any atom is -0.271 e. The molecule has 0 aromatic heterocycles. The van der Waals surface area contributed by atoms with Gasteiger partial charge in [0.2, 0.25) is 0 Å². The lowest BCUT2D eigenvalue weighted by Gasteiger charge is -2.24. The summed E-state index contributed by atoms with van der Waals surface area (Å²) in [7, 11) is -3.96. The lowest BCUT2D eigenvalue weighted by atomic mass is 10.2. The quantitative estimate of drug-likeness (QED) is 0.426. The van der Waals surface area contributed by atoms with Gasteiger partial charge in [0.25, 0.3) is 15.9 Å². The van der Waals surface area contributed by atoms with Gasteiger partial charge in [0.1, 0.15) is 6.54 Å². The highest BCUT2D eigenvalue weighted by molar-refractivity contribution is 7.92. The standard InChI is InChI=1S/C23H22ClN3O3S/c1-17-9-11-22(12-10-17)31(29,30)27(21-8-3-5-18(2)13-21)16-23(28)26-25-15-19-6-4-7-20(24)14-19/h3-15H,16H2,1-2H3,(H,26,28)/b25-15-. The summed E-state index contributed by atoms with van der Waals surface area (Å²) >= 11 is 5.93. The molecule has 3 aromatic rings. The van der Waals surface area contributed by atoms with Crippen LogP contribution in [0.1, 0.15) is 16.7 Å². The van der Waals surface area contributed by atoms with Crippen LogP contribution in [0.2, 0.25) is 5.02 Å². The van der Waals surface area contributed by atoms with Crippen LogP contribution >= 0.6 is 11.6 Å². The Labute approximate surface area is 187 Å². The van der Waals surface area contributed by atoms with E-state index in [0.717, 1.165) is 15.4 Å². The lowest BCUT2D eigenvalue weighted by molar-refractivity contribution is -0.119. The summed E-state index contributed by atoms with van der Waals surface area (Å²) in [6.45, 7) is 3.31. The minimum atomic E-state index is -3.96. The summed E-state index contributed by atoms with van der Waals surface area (Å²) in [6, 6.07) is 20.4. The van der Waals surface area contributed by atoms with Crippen molar-refractivity contribution in [1.29, 1.82) is 0 Å². The maximum Gasteiger partial charge on any atom is 0.264 e. The first-order valence-corrected chi connectivity index (χ1v) is 11.3. The van der Waals surface area contributed by atoms with E-state index in [4.69, 9.17) is 11.6 Å². The molecule has 0 aliphatic carbocycles. The number of nitrogens with zero attached hydrogens (tertiary/aromatic N) is 2. The van der Waals surface area contributed by atoms with Crippen molar-refractivity contribution in [3.63, 3.8) is 0 Å². The molecule has 1 amide bonds. The molecule has 0 aliphatic heterocycles. The summed E-state index contributed by atoms with van der Waals surface area (Å²) in [5.41, 5.74) is 5.30. The Morgan fingerprint density at radius 3 is 2.39 bits per heavy atom. The number of hydrogen-bond donors (Lipinski definition) is 1. The molecule has 0 radical (unpaired) electrons. The molecular weight excluding hydrogens is 434 g/mol. The van der Waals surface area contributed by atoms with Gasteiger partial charge in [-0.25, -0.2) is 13.8 Å². The van der Waals surface area contributed by atoms with Crippen molar-refractivity contribution in [3.05, 3.63) is 94.5 Å². The maximum atomic E-state index is 13.3. The Bertz CT molecular complexity index is 1210. The molecule has 3 aromatic carbocycles. The Morgan fingerprint density at radius 2 is 1.71 bits per heavy atom. The van der Waals surface area contributed by atoms with Crippen molar-refractivity contribution >= 4 is 39.4 Å². The Balaban J connectivity index is 1.84. The number of sulfonamides is 1. The average Bonchev–Trinajstić information content (AvgIpc) is 2.72. The zero-order valence-electron chi connectivity index (χ0n) is 17.1. The van der Waals surface area contributed by atoms with Crippen LogP contribution < -0.4 is 9.73 Å². The molecule has 0 saturated heterocycles. The number of anilines is 1. The van der Waals surface area contributed by atoms with Crippen molar-refractivity contribution in [1.82, 2.24) is 5.43 Å². The molecule has 0 saturated carbocycles. The van der Waals surface area contributed by atoms with Gasteiger partial charge in [0, 0.05) is 5.02 Å². The molecule has 1 N–H and O–H groups in total. The van der Waals surface area contributed by atoms with Gasteiger partial charge in [-0.3, -0.25) is 9.10 Å². The molecule has 0 bridgehead atoms.